The maximum Gasteiger partial charge on any atom is 0.244 e. The van der Waals surface area contributed by atoms with Crippen molar-refractivity contribution in [3.8, 4) is 0 Å². The first-order chi connectivity index (χ1) is 12.5. The first-order valence-corrected chi connectivity index (χ1v) is 9.90. The van der Waals surface area contributed by atoms with E-state index < -0.39 is 10.0 Å². The van der Waals surface area contributed by atoms with Gasteiger partial charge in [-0.05, 0) is 38.4 Å². The van der Waals surface area contributed by atoms with E-state index in [0.29, 0.717) is 38.7 Å². The molecule has 1 N–H and O–H groups in total. The predicted octanol–water partition coefficient (Wildman–Crippen LogP) is 1.41. The summed E-state index contributed by atoms with van der Waals surface area (Å²) in [6, 6.07) is 7.09. The third-order valence-electron chi connectivity index (χ3n) is 4.32. The van der Waals surface area contributed by atoms with Gasteiger partial charge in [0.15, 0.2) is 0 Å². The zero-order valence-corrected chi connectivity index (χ0v) is 15.8. The molecule has 2 aromatic rings. The number of furan rings is 1. The van der Waals surface area contributed by atoms with E-state index in [9.17, 15) is 8.42 Å². The molecule has 0 spiro atoms. The molecule has 1 unspecified atom stereocenters. The molecule has 2 aromatic heterocycles. The lowest BCUT2D eigenvalue weighted by Gasteiger charge is -2.26. The van der Waals surface area contributed by atoms with Crippen LogP contribution >= 0.6 is 0 Å². The first kappa shape index (κ1) is 18.8. The Morgan fingerprint density at radius 1 is 1.27 bits per heavy atom. The lowest BCUT2D eigenvalue weighted by Crippen LogP contribution is -2.40. The summed E-state index contributed by atoms with van der Waals surface area (Å²) in [5.74, 6) is 1.47. The molecule has 142 valence electrons. The van der Waals surface area contributed by atoms with E-state index in [1.54, 1.807) is 18.4 Å². The molecule has 3 rings (SSSR count). The van der Waals surface area contributed by atoms with E-state index in [2.05, 4.69) is 10.3 Å². The highest BCUT2D eigenvalue weighted by molar-refractivity contribution is 7.89. The van der Waals surface area contributed by atoms with Gasteiger partial charge in [0.2, 0.25) is 10.0 Å². The van der Waals surface area contributed by atoms with E-state index in [4.69, 9.17) is 9.15 Å². The Bertz CT molecular complexity index is 785. The van der Waals surface area contributed by atoms with Crippen LogP contribution in [0.5, 0.6) is 0 Å². The average Bonchev–Trinajstić information content (AvgIpc) is 3.17. The molecule has 8 nitrogen and oxygen atoms in total. The van der Waals surface area contributed by atoms with E-state index in [0.717, 1.165) is 5.76 Å². The minimum absolute atomic E-state index is 0.0450. The van der Waals surface area contributed by atoms with Gasteiger partial charge < -0.3 is 14.5 Å². The number of sulfonamides is 1. The molecule has 26 heavy (non-hydrogen) atoms. The molecule has 1 saturated heterocycles. The SMILES string of the molecule is CN(C)C(CNc1ccc(S(=O)(=O)N2CCOCC2)cn1)c1ccco1. The van der Waals surface area contributed by atoms with Crippen molar-refractivity contribution in [2.75, 3.05) is 52.3 Å². The molecular weight excluding hydrogens is 356 g/mol. The van der Waals surface area contributed by atoms with Crippen LogP contribution in [0.4, 0.5) is 5.82 Å². The Kier molecular flexibility index (Phi) is 5.92. The number of anilines is 1. The van der Waals surface area contributed by atoms with Crippen LogP contribution < -0.4 is 5.32 Å². The van der Waals surface area contributed by atoms with Crippen LogP contribution in [0.2, 0.25) is 0 Å². The minimum Gasteiger partial charge on any atom is -0.468 e. The average molecular weight is 380 g/mol. The topological polar surface area (TPSA) is 87.9 Å². The molecular formula is C17H24N4O4S. The Morgan fingerprint density at radius 3 is 2.62 bits per heavy atom. The standard InChI is InChI=1S/C17H24N4O4S/c1-20(2)15(16-4-3-9-25-16)13-19-17-6-5-14(12-18-17)26(22,23)21-7-10-24-11-8-21/h3-6,9,12,15H,7-8,10-11,13H2,1-2H3,(H,18,19). The van der Waals surface area contributed by atoms with Crippen LogP contribution in [-0.4, -0.2) is 69.6 Å². The van der Waals surface area contributed by atoms with Crippen LogP contribution in [-0.2, 0) is 14.8 Å². The summed E-state index contributed by atoms with van der Waals surface area (Å²) >= 11 is 0. The second-order valence-electron chi connectivity index (χ2n) is 6.27. The van der Waals surface area contributed by atoms with Crippen molar-refractivity contribution in [2.24, 2.45) is 0 Å². The maximum absolute atomic E-state index is 12.6. The fourth-order valence-corrected chi connectivity index (χ4v) is 4.15. The fraction of sp³-hybridized carbons (Fsp3) is 0.471. The number of hydrogen-bond acceptors (Lipinski definition) is 7. The first-order valence-electron chi connectivity index (χ1n) is 8.46. The molecule has 9 heteroatoms. The van der Waals surface area contributed by atoms with Gasteiger partial charge in [-0.3, -0.25) is 4.90 Å². The van der Waals surface area contributed by atoms with E-state index in [-0.39, 0.29) is 10.9 Å². The largest absolute Gasteiger partial charge is 0.468 e. The summed E-state index contributed by atoms with van der Waals surface area (Å²) in [6.45, 7) is 2.17. The third kappa shape index (κ3) is 4.24. The normalized spacial score (nSPS) is 17.3. The van der Waals surface area contributed by atoms with Crippen LogP contribution in [0.15, 0.2) is 46.0 Å². The Morgan fingerprint density at radius 2 is 2.04 bits per heavy atom. The molecule has 1 aliphatic heterocycles. The van der Waals surface area contributed by atoms with Gasteiger partial charge in [0.25, 0.3) is 0 Å². The van der Waals surface area contributed by atoms with Crippen molar-refractivity contribution >= 4 is 15.8 Å². The lowest BCUT2D eigenvalue weighted by molar-refractivity contribution is 0.0730. The van der Waals surface area contributed by atoms with Crippen LogP contribution in [0.3, 0.4) is 0 Å². The number of morpholine rings is 1. The number of nitrogens with one attached hydrogen (secondary N) is 1. The molecule has 1 fully saturated rings. The van der Waals surface area contributed by atoms with Crippen molar-refractivity contribution in [2.45, 2.75) is 10.9 Å². The molecule has 0 radical (unpaired) electrons. The number of pyridine rings is 1. The van der Waals surface area contributed by atoms with E-state index in [1.807, 2.05) is 31.1 Å². The zero-order valence-electron chi connectivity index (χ0n) is 15.0. The van der Waals surface area contributed by atoms with E-state index >= 15 is 0 Å². The van der Waals surface area contributed by atoms with Gasteiger partial charge in [-0.1, -0.05) is 0 Å². The van der Waals surface area contributed by atoms with Gasteiger partial charge in [0, 0.05) is 25.8 Å². The summed E-state index contributed by atoms with van der Waals surface area (Å²) in [6.07, 6.45) is 3.04. The van der Waals surface area contributed by atoms with Gasteiger partial charge >= 0.3 is 0 Å². The number of aromatic nitrogens is 1. The quantitative estimate of drug-likeness (QED) is 0.777. The van der Waals surface area contributed by atoms with Crippen molar-refractivity contribution in [3.05, 3.63) is 42.5 Å². The Hall–Kier alpha value is -1.94. The van der Waals surface area contributed by atoms with Crippen LogP contribution in [0, 0.1) is 0 Å². The highest BCUT2D eigenvalue weighted by Gasteiger charge is 2.26. The fourth-order valence-electron chi connectivity index (χ4n) is 2.79. The molecule has 3 heterocycles. The monoisotopic (exact) mass is 380 g/mol. The lowest BCUT2D eigenvalue weighted by atomic mass is 10.2. The number of nitrogens with zero attached hydrogens (tertiary/aromatic N) is 3. The van der Waals surface area contributed by atoms with Crippen LogP contribution in [0.25, 0.3) is 0 Å². The molecule has 0 bridgehead atoms. The summed E-state index contributed by atoms with van der Waals surface area (Å²) in [5, 5.41) is 3.23. The number of rotatable bonds is 7. The minimum atomic E-state index is -3.52. The number of ether oxygens (including phenoxy) is 1. The molecule has 0 aliphatic carbocycles. The molecule has 1 atom stereocenters. The highest BCUT2D eigenvalue weighted by Crippen LogP contribution is 2.21. The summed E-state index contributed by atoms with van der Waals surface area (Å²) in [4.78, 5) is 6.49. The Balaban J connectivity index is 1.66. The highest BCUT2D eigenvalue weighted by atomic mass is 32.2. The van der Waals surface area contributed by atoms with Crippen molar-refractivity contribution in [3.63, 3.8) is 0 Å². The van der Waals surface area contributed by atoms with Crippen molar-refractivity contribution < 1.29 is 17.6 Å². The zero-order chi connectivity index (χ0) is 18.6. The summed E-state index contributed by atoms with van der Waals surface area (Å²) in [5.41, 5.74) is 0. The third-order valence-corrected chi connectivity index (χ3v) is 6.20. The second kappa shape index (κ2) is 8.17. The van der Waals surface area contributed by atoms with Crippen molar-refractivity contribution in [1.82, 2.24) is 14.2 Å². The van der Waals surface area contributed by atoms with Gasteiger partial charge in [0.1, 0.15) is 16.5 Å². The second-order valence-corrected chi connectivity index (χ2v) is 8.21. The smallest absolute Gasteiger partial charge is 0.244 e. The molecule has 0 amide bonds. The Labute approximate surface area is 153 Å². The van der Waals surface area contributed by atoms with Crippen LogP contribution in [0.1, 0.15) is 11.8 Å². The number of hydrogen-bond donors (Lipinski definition) is 1. The maximum atomic E-state index is 12.6. The van der Waals surface area contributed by atoms with E-state index in [1.165, 1.54) is 10.5 Å². The molecule has 1 aliphatic rings. The van der Waals surface area contributed by atoms with Gasteiger partial charge in [-0.15, -0.1) is 0 Å². The van der Waals surface area contributed by atoms with Gasteiger partial charge in [-0.2, -0.15) is 4.31 Å². The molecule has 0 saturated carbocycles. The molecule has 0 aromatic carbocycles. The van der Waals surface area contributed by atoms with Gasteiger partial charge in [-0.25, -0.2) is 13.4 Å². The summed E-state index contributed by atoms with van der Waals surface area (Å²) < 4.78 is 37.3. The van der Waals surface area contributed by atoms with Gasteiger partial charge in [0.05, 0.1) is 25.5 Å². The van der Waals surface area contributed by atoms with Crippen molar-refractivity contribution in [1.29, 1.82) is 0 Å². The predicted molar refractivity (Wildman–Crippen MR) is 97.4 cm³/mol. The number of likely N-dealkylation sites (N-methyl/N-ethyl adjacent to an activating group) is 1. The summed E-state index contributed by atoms with van der Waals surface area (Å²) in [7, 11) is 0.426.